The normalized spacial score (nSPS) is 15.8. The summed E-state index contributed by atoms with van der Waals surface area (Å²) in [5.41, 5.74) is 0.836. The van der Waals surface area contributed by atoms with Gasteiger partial charge in [0.1, 0.15) is 13.5 Å². The minimum Gasteiger partial charge on any atom is -0.379 e. The number of benzene rings is 1. The Labute approximate surface area is 147 Å². The van der Waals surface area contributed by atoms with Gasteiger partial charge >= 0.3 is 0 Å². The molecular weight excluding hydrogens is 339 g/mol. The molecule has 1 saturated heterocycles. The average molecular weight is 362 g/mol. The third-order valence-electron chi connectivity index (χ3n) is 3.88. The van der Waals surface area contributed by atoms with E-state index < -0.39 is 7.14 Å². The van der Waals surface area contributed by atoms with Crippen molar-refractivity contribution in [3.05, 3.63) is 30.6 Å². The van der Waals surface area contributed by atoms with Crippen LogP contribution in [0.2, 0.25) is 0 Å². The van der Waals surface area contributed by atoms with Gasteiger partial charge in [-0.05, 0) is 37.6 Å². The van der Waals surface area contributed by atoms with Crippen LogP contribution in [0.25, 0.3) is 0 Å². The molecule has 0 bridgehead atoms. The quantitative estimate of drug-likeness (QED) is 0.748. The molecule has 0 spiro atoms. The molecule has 9 heteroatoms. The molecule has 1 aromatic heterocycles. The van der Waals surface area contributed by atoms with E-state index in [1.165, 1.54) is 6.33 Å². The van der Waals surface area contributed by atoms with Crippen LogP contribution in [0.15, 0.2) is 30.6 Å². The van der Waals surface area contributed by atoms with Crippen molar-refractivity contribution < 1.29 is 9.30 Å². The maximum atomic E-state index is 12.1. The number of ether oxygens (including phenoxy) is 1. The third kappa shape index (κ3) is 5.22. The van der Waals surface area contributed by atoms with Crippen LogP contribution in [0.1, 0.15) is 0 Å². The van der Waals surface area contributed by atoms with E-state index in [2.05, 4.69) is 30.5 Å². The molecule has 1 aliphatic heterocycles. The number of rotatable bonds is 6. The highest BCUT2D eigenvalue weighted by Crippen LogP contribution is 2.34. The Morgan fingerprint density at radius 2 is 1.80 bits per heavy atom. The minimum atomic E-state index is -2.24. The molecule has 2 aromatic rings. The number of morpholine rings is 1. The maximum absolute atomic E-state index is 12.1. The second-order valence-corrected chi connectivity index (χ2v) is 9.44. The van der Waals surface area contributed by atoms with E-state index in [9.17, 15) is 4.57 Å². The van der Waals surface area contributed by atoms with Crippen LogP contribution in [0.4, 0.5) is 17.6 Å². The summed E-state index contributed by atoms with van der Waals surface area (Å²) in [5, 5.41) is 7.18. The predicted molar refractivity (Wildman–Crippen MR) is 99.5 cm³/mol. The van der Waals surface area contributed by atoms with Gasteiger partial charge in [0, 0.05) is 24.1 Å². The Hall–Kier alpha value is -2.02. The van der Waals surface area contributed by atoms with Crippen molar-refractivity contribution in [2.24, 2.45) is 0 Å². The first-order valence-corrected chi connectivity index (χ1v) is 10.8. The lowest BCUT2D eigenvalue weighted by molar-refractivity contribution is 0.0413. The molecule has 1 aliphatic rings. The Bertz CT molecular complexity index is 743. The Morgan fingerprint density at radius 1 is 1.12 bits per heavy atom. The maximum Gasteiger partial charge on any atom is 0.231 e. The van der Waals surface area contributed by atoms with Crippen LogP contribution in [0, 0.1) is 0 Å². The molecule has 0 aliphatic carbocycles. The van der Waals surface area contributed by atoms with Crippen molar-refractivity contribution in [3.8, 4) is 0 Å². The Morgan fingerprint density at radius 3 is 2.48 bits per heavy atom. The van der Waals surface area contributed by atoms with Gasteiger partial charge in [-0.25, -0.2) is 9.97 Å². The molecule has 2 N–H and O–H groups in total. The summed E-state index contributed by atoms with van der Waals surface area (Å²) in [7, 11) is -2.24. The fraction of sp³-hybridized carbons (Fsp3) is 0.438. The smallest absolute Gasteiger partial charge is 0.231 e. The van der Waals surface area contributed by atoms with Gasteiger partial charge in [-0.2, -0.15) is 4.98 Å². The molecule has 0 unspecified atom stereocenters. The van der Waals surface area contributed by atoms with Crippen molar-refractivity contribution in [2.45, 2.75) is 0 Å². The summed E-state index contributed by atoms with van der Waals surface area (Å²) in [6.07, 6.45) is 1.47. The van der Waals surface area contributed by atoms with Crippen molar-refractivity contribution >= 4 is 30.0 Å². The first-order valence-electron chi connectivity index (χ1n) is 8.16. The molecular formula is C16H23N6O2P. The van der Waals surface area contributed by atoms with Gasteiger partial charge in [-0.15, -0.1) is 0 Å². The number of hydrogen-bond donors (Lipinski definition) is 2. The monoisotopic (exact) mass is 362 g/mol. The van der Waals surface area contributed by atoms with Crippen molar-refractivity contribution in [1.82, 2.24) is 19.9 Å². The summed E-state index contributed by atoms with van der Waals surface area (Å²) < 4.78 is 17.4. The van der Waals surface area contributed by atoms with E-state index in [1.807, 2.05) is 24.3 Å². The highest BCUT2D eigenvalue weighted by molar-refractivity contribution is 7.70. The SMILES string of the molecule is CP(C)(=O)c1ccc(Nc2ncnc(NCN3CCOCC3)n2)cc1. The number of nitrogens with one attached hydrogen (secondary N) is 2. The van der Waals surface area contributed by atoms with Gasteiger partial charge < -0.3 is 19.9 Å². The Kier molecular flexibility index (Phi) is 5.63. The molecule has 1 fully saturated rings. The zero-order valence-electron chi connectivity index (χ0n) is 14.5. The molecule has 25 heavy (non-hydrogen) atoms. The van der Waals surface area contributed by atoms with E-state index in [0.29, 0.717) is 18.6 Å². The fourth-order valence-corrected chi connectivity index (χ4v) is 3.28. The highest BCUT2D eigenvalue weighted by atomic mass is 31.2. The predicted octanol–water partition coefficient (Wildman–Crippen LogP) is 1.56. The lowest BCUT2D eigenvalue weighted by Gasteiger charge is -2.26. The molecule has 134 valence electrons. The van der Waals surface area contributed by atoms with E-state index in [4.69, 9.17) is 4.74 Å². The van der Waals surface area contributed by atoms with Gasteiger partial charge in [0.2, 0.25) is 11.9 Å². The standard InChI is InChI=1S/C16H23N6O2P/c1-25(2,23)14-5-3-13(4-6-14)20-16-18-11-17-15(21-16)19-12-22-7-9-24-10-8-22/h3-6,11H,7-10,12H2,1-2H3,(H2,17,18,19,20,21). The molecule has 0 saturated carbocycles. The van der Waals surface area contributed by atoms with Crippen LogP contribution in [0.3, 0.4) is 0 Å². The summed E-state index contributed by atoms with van der Waals surface area (Å²) >= 11 is 0. The second-order valence-electron chi connectivity index (χ2n) is 6.22. The van der Waals surface area contributed by atoms with Gasteiger partial charge in [0.15, 0.2) is 0 Å². The van der Waals surface area contributed by atoms with Crippen molar-refractivity contribution in [3.63, 3.8) is 0 Å². The highest BCUT2D eigenvalue weighted by Gasteiger charge is 2.11. The van der Waals surface area contributed by atoms with Gasteiger partial charge in [0.25, 0.3) is 0 Å². The topological polar surface area (TPSA) is 92.3 Å². The summed E-state index contributed by atoms with van der Waals surface area (Å²) in [5.74, 6) is 0.982. The third-order valence-corrected chi connectivity index (χ3v) is 5.42. The van der Waals surface area contributed by atoms with E-state index in [1.54, 1.807) is 13.3 Å². The first-order chi connectivity index (χ1) is 12.0. The largest absolute Gasteiger partial charge is 0.379 e. The number of anilines is 3. The molecule has 8 nitrogen and oxygen atoms in total. The van der Waals surface area contributed by atoms with Crippen LogP contribution < -0.4 is 15.9 Å². The number of nitrogens with zero attached hydrogens (tertiary/aromatic N) is 4. The average Bonchev–Trinajstić information content (AvgIpc) is 2.61. The van der Waals surface area contributed by atoms with Crippen LogP contribution in [-0.4, -0.2) is 66.2 Å². The second kappa shape index (κ2) is 7.91. The molecule has 0 amide bonds. The molecule has 0 atom stereocenters. The van der Waals surface area contributed by atoms with Crippen LogP contribution >= 0.6 is 7.14 Å². The zero-order valence-corrected chi connectivity index (χ0v) is 15.4. The molecule has 3 rings (SSSR count). The number of hydrogen-bond acceptors (Lipinski definition) is 8. The fourth-order valence-electron chi connectivity index (χ4n) is 2.42. The van der Waals surface area contributed by atoms with E-state index >= 15 is 0 Å². The Balaban J connectivity index is 1.60. The summed E-state index contributed by atoms with van der Waals surface area (Å²) in [4.78, 5) is 14.9. The van der Waals surface area contributed by atoms with E-state index in [-0.39, 0.29) is 0 Å². The lowest BCUT2D eigenvalue weighted by atomic mass is 10.3. The van der Waals surface area contributed by atoms with Gasteiger partial charge in [-0.1, -0.05) is 0 Å². The summed E-state index contributed by atoms with van der Waals surface area (Å²) in [6, 6.07) is 7.48. The minimum absolute atomic E-state index is 0.461. The lowest BCUT2D eigenvalue weighted by Crippen LogP contribution is -2.39. The first kappa shape index (κ1) is 17.8. The van der Waals surface area contributed by atoms with Crippen molar-refractivity contribution in [1.29, 1.82) is 0 Å². The van der Waals surface area contributed by atoms with Crippen LogP contribution in [0.5, 0.6) is 0 Å². The summed E-state index contributed by atoms with van der Waals surface area (Å²) in [6.45, 7) is 7.49. The molecule has 2 heterocycles. The van der Waals surface area contributed by atoms with Gasteiger partial charge in [0.05, 0.1) is 19.9 Å². The zero-order chi connectivity index (χ0) is 17.7. The molecule has 0 radical (unpaired) electrons. The van der Waals surface area contributed by atoms with Crippen molar-refractivity contribution in [2.75, 3.05) is 56.9 Å². The van der Waals surface area contributed by atoms with Gasteiger partial charge in [-0.3, -0.25) is 4.90 Å². The number of aromatic nitrogens is 3. The van der Waals surface area contributed by atoms with E-state index in [0.717, 1.165) is 37.3 Å². The molecule has 1 aromatic carbocycles. The van der Waals surface area contributed by atoms with Crippen LogP contribution in [-0.2, 0) is 9.30 Å².